The molecule has 0 radical (unpaired) electrons. The summed E-state index contributed by atoms with van der Waals surface area (Å²) in [6, 6.07) is 6.77. The second kappa shape index (κ2) is 7.06. The van der Waals surface area contributed by atoms with Crippen LogP contribution in [0.5, 0.6) is 0 Å². The van der Waals surface area contributed by atoms with Gasteiger partial charge in [-0.25, -0.2) is 4.79 Å². The Balaban J connectivity index is 2.68. The molecule has 1 N–H and O–H groups in total. The molecule has 0 spiro atoms. The molecule has 0 amide bonds. The molecule has 26 heavy (non-hydrogen) atoms. The van der Waals surface area contributed by atoms with E-state index in [4.69, 9.17) is 0 Å². The zero-order valence-electron chi connectivity index (χ0n) is 17.7. The van der Waals surface area contributed by atoms with E-state index >= 15 is 0 Å². The van der Waals surface area contributed by atoms with E-state index in [1.807, 2.05) is 13.8 Å². The molecule has 0 heterocycles. The normalized spacial score (nSPS) is 17.2. The van der Waals surface area contributed by atoms with E-state index in [1.54, 1.807) is 0 Å². The van der Waals surface area contributed by atoms with Gasteiger partial charge in [-0.3, -0.25) is 0 Å². The van der Waals surface area contributed by atoms with Crippen LogP contribution in [-0.4, -0.2) is 11.1 Å². The number of hydrogen-bond acceptors (Lipinski definition) is 1. The van der Waals surface area contributed by atoms with E-state index in [-0.39, 0.29) is 16.7 Å². The molecule has 1 aliphatic carbocycles. The predicted octanol–water partition coefficient (Wildman–Crippen LogP) is 6.50. The quantitative estimate of drug-likeness (QED) is 0.495. The number of carbonyl (C=O) groups is 1. The van der Waals surface area contributed by atoms with E-state index in [1.165, 1.54) is 11.1 Å². The van der Waals surface area contributed by atoms with Crippen molar-refractivity contribution in [1.29, 1.82) is 0 Å². The van der Waals surface area contributed by atoms with Gasteiger partial charge in [0, 0.05) is 5.57 Å². The van der Waals surface area contributed by atoms with Crippen LogP contribution in [0.2, 0.25) is 0 Å². The van der Waals surface area contributed by atoms with Gasteiger partial charge in [0.1, 0.15) is 0 Å². The van der Waals surface area contributed by atoms with Gasteiger partial charge in [0.2, 0.25) is 0 Å². The van der Waals surface area contributed by atoms with E-state index in [0.29, 0.717) is 5.57 Å². The molecule has 2 heteroatoms. The van der Waals surface area contributed by atoms with E-state index in [2.05, 4.69) is 65.8 Å². The van der Waals surface area contributed by atoms with E-state index in [9.17, 15) is 9.90 Å². The molecule has 2 rings (SSSR count). The van der Waals surface area contributed by atoms with Crippen LogP contribution in [0.1, 0.15) is 84.9 Å². The lowest BCUT2D eigenvalue weighted by Crippen LogP contribution is -2.17. The molecule has 1 aliphatic rings. The van der Waals surface area contributed by atoms with Gasteiger partial charge < -0.3 is 5.11 Å². The summed E-state index contributed by atoms with van der Waals surface area (Å²) >= 11 is 0. The average molecular weight is 355 g/mol. The van der Waals surface area contributed by atoms with Crippen molar-refractivity contribution in [3.63, 3.8) is 0 Å². The topological polar surface area (TPSA) is 37.3 Å². The molecule has 0 bridgehead atoms. The Labute approximate surface area is 159 Å². The Morgan fingerprint density at radius 1 is 1.00 bits per heavy atom. The Morgan fingerprint density at radius 3 is 1.77 bits per heavy atom. The maximum absolute atomic E-state index is 11.8. The van der Waals surface area contributed by atoms with Gasteiger partial charge >= 0.3 is 5.97 Å². The van der Waals surface area contributed by atoms with Crippen LogP contribution >= 0.6 is 0 Å². The number of hydrogen-bond donors (Lipinski definition) is 1. The van der Waals surface area contributed by atoms with Crippen LogP contribution in [0, 0.1) is 5.92 Å². The molecule has 1 saturated carbocycles. The van der Waals surface area contributed by atoms with Crippen LogP contribution < -0.4 is 0 Å². The van der Waals surface area contributed by atoms with E-state index < -0.39 is 5.97 Å². The number of benzene rings is 1. The molecule has 1 fully saturated rings. The van der Waals surface area contributed by atoms with Crippen molar-refractivity contribution < 1.29 is 9.90 Å². The number of rotatable bonds is 4. The minimum Gasteiger partial charge on any atom is -0.478 e. The number of carboxylic acid groups (broad SMARTS) is 1. The summed E-state index contributed by atoms with van der Waals surface area (Å²) in [6.07, 6.45) is 4.05. The lowest BCUT2D eigenvalue weighted by Gasteiger charge is -2.27. The summed E-state index contributed by atoms with van der Waals surface area (Å²) in [5, 5.41) is 9.73. The van der Waals surface area contributed by atoms with Crippen LogP contribution in [0.25, 0.3) is 5.57 Å². The lowest BCUT2D eigenvalue weighted by atomic mass is 9.78. The number of allylic oxidation sites excluding steroid dienone is 3. The maximum atomic E-state index is 11.8. The van der Waals surface area contributed by atoms with Crippen molar-refractivity contribution in [3.05, 3.63) is 52.1 Å². The van der Waals surface area contributed by atoms with Crippen molar-refractivity contribution in [2.24, 2.45) is 5.92 Å². The predicted molar refractivity (Wildman–Crippen MR) is 111 cm³/mol. The first-order chi connectivity index (χ1) is 11.9. The first-order valence-electron chi connectivity index (χ1n) is 9.63. The Bertz CT molecular complexity index is 728. The number of carboxylic acids is 1. The third-order valence-corrected chi connectivity index (χ3v) is 5.29. The van der Waals surface area contributed by atoms with Gasteiger partial charge in [0.15, 0.2) is 0 Å². The van der Waals surface area contributed by atoms with Crippen LogP contribution in [0.3, 0.4) is 0 Å². The Hall–Kier alpha value is -1.83. The minimum absolute atomic E-state index is 0.0403. The first kappa shape index (κ1) is 20.5. The lowest BCUT2D eigenvalue weighted by molar-refractivity contribution is -0.133. The third kappa shape index (κ3) is 4.47. The molecule has 0 aromatic heterocycles. The average Bonchev–Trinajstić information content (AvgIpc) is 3.30. The third-order valence-electron chi connectivity index (χ3n) is 5.29. The summed E-state index contributed by atoms with van der Waals surface area (Å²) in [5.74, 6) is -0.553. The second-order valence-electron chi connectivity index (χ2n) is 9.62. The highest BCUT2D eigenvalue weighted by molar-refractivity contribution is 5.95. The monoisotopic (exact) mass is 354 g/mol. The van der Waals surface area contributed by atoms with Gasteiger partial charge in [-0.1, -0.05) is 65.8 Å². The molecular weight excluding hydrogens is 320 g/mol. The SMILES string of the molecule is CC=C(C(C)=C(C(=O)O)C1CC1)c1cc(C(C)(C)C)cc(C(C)(C)C)c1. The fraction of sp³-hybridized carbons (Fsp3) is 0.542. The summed E-state index contributed by atoms with van der Waals surface area (Å²) in [4.78, 5) is 11.8. The van der Waals surface area contributed by atoms with Gasteiger partial charge in [-0.05, 0) is 71.3 Å². The van der Waals surface area contributed by atoms with Crippen LogP contribution in [0.15, 0.2) is 35.4 Å². The van der Waals surface area contributed by atoms with E-state index in [0.717, 1.165) is 29.6 Å². The zero-order valence-corrected chi connectivity index (χ0v) is 17.7. The van der Waals surface area contributed by atoms with Gasteiger partial charge in [0.05, 0.1) is 0 Å². The fourth-order valence-corrected chi connectivity index (χ4v) is 3.41. The minimum atomic E-state index is -0.771. The maximum Gasteiger partial charge on any atom is 0.332 e. The molecule has 0 atom stereocenters. The summed E-state index contributed by atoms with van der Waals surface area (Å²) < 4.78 is 0. The molecule has 0 unspecified atom stereocenters. The molecule has 0 saturated heterocycles. The standard InChI is InChI=1S/C24H34O2/c1-9-20(15(2)21(22(25)26)16-10-11-16)17-12-18(23(3,4)5)14-19(13-17)24(6,7)8/h9,12-14,16H,10-11H2,1-8H3,(H,25,26). The smallest absolute Gasteiger partial charge is 0.332 e. The highest BCUT2D eigenvalue weighted by Gasteiger charge is 2.33. The van der Waals surface area contributed by atoms with Gasteiger partial charge in [0.25, 0.3) is 0 Å². The van der Waals surface area contributed by atoms with Crippen LogP contribution in [-0.2, 0) is 15.6 Å². The van der Waals surface area contributed by atoms with Crippen molar-refractivity contribution in [2.45, 2.75) is 79.1 Å². The van der Waals surface area contributed by atoms with Gasteiger partial charge in [-0.2, -0.15) is 0 Å². The molecule has 1 aromatic rings. The fourth-order valence-electron chi connectivity index (χ4n) is 3.41. The molecule has 1 aromatic carbocycles. The summed E-state index contributed by atoms with van der Waals surface area (Å²) in [5.41, 5.74) is 6.33. The van der Waals surface area contributed by atoms with Crippen molar-refractivity contribution in [3.8, 4) is 0 Å². The zero-order chi connectivity index (χ0) is 19.9. The largest absolute Gasteiger partial charge is 0.478 e. The van der Waals surface area contributed by atoms with Crippen molar-refractivity contribution >= 4 is 11.5 Å². The van der Waals surface area contributed by atoms with Gasteiger partial charge in [-0.15, -0.1) is 0 Å². The first-order valence-corrected chi connectivity index (χ1v) is 9.63. The summed E-state index contributed by atoms with van der Waals surface area (Å²) in [6.45, 7) is 17.3. The second-order valence-corrected chi connectivity index (χ2v) is 9.62. The molecular formula is C24H34O2. The van der Waals surface area contributed by atoms with Crippen molar-refractivity contribution in [2.75, 3.05) is 0 Å². The Kier molecular flexibility index (Phi) is 5.56. The molecule has 0 aliphatic heterocycles. The highest BCUT2D eigenvalue weighted by Crippen LogP contribution is 2.42. The Morgan fingerprint density at radius 2 is 1.46 bits per heavy atom. The number of aliphatic carboxylic acids is 1. The van der Waals surface area contributed by atoms with Crippen molar-refractivity contribution in [1.82, 2.24) is 0 Å². The van der Waals surface area contributed by atoms with Crippen LogP contribution in [0.4, 0.5) is 0 Å². The summed E-state index contributed by atoms with van der Waals surface area (Å²) in [7, 11) is 0. The highest BCUT2D eigenvalue weighted by atomic mass is 16.4. The molecule has 142 valence electrons. The molecule has 2 nitrogen and oxygen atoms in total.